The van der Waals surface area contributed by atoms with Crippen molar-refractivity contribution in [3.05, 3.63) is 76.1 Å². The Hall–Kier alpha value is -2.60. The summed E-state index contributed by atoms with van der Waals surface area (Å²) < 4.78 is 26.4. The maximum absolute atomic E-state index is 13.6. The van der Waals surface area contributed by atoms with E-state index < -0.39 is 11.6 Å². The molecule has 2 aromatic heterocycles. The average molecular weight is 344 g/mol. The first-order chi connectivity index (χ1) is 11.6. The lowest BCUT2D eigenvalue weighted by molar-refractivity contribution is -0.120. The summed E-state index contributed by atoms with van der Waals surface area (Å²) in [5.41, 5.74) is 2.94. The lowest BCUT2D eigenvalue weighted by atomic mass is 10.1. The van der Waals surface area contributed by atoms with Gasteiger partial charge in [0.2, 0.25) is 5.91 Å². The second-order valence-corrected chi connectivity index (χ2v) is 6.03. The van der Waals surface area contributed by atoms with Gasteiger partial charge in [-0.1, -0.05) is 6.07 Å². The van der Waals surface area contributed by atoms with Gasteiger partial charge in [0.15, 0.2) is 0 Å². The van der Waals surface area contributed by atoms with Crippen molar-refractivity contribution in [3.63, 3.8) is 0 Å². The molecule has 0 aliphatic carbocycles. The van der Waals surface area contributed by atoms with Crippen molar-refractivity contribution in [1.29, 1.82) is 0 Å². The molecule has 24 heavy (non-hydrogen) atoms. The number of rotatable bonds is 5. The van der Waals surface area contributed by atoms with Crippen LogP contribution in [0.4, 0.5) is 8.78 Å². The maximum Gasteiger partial charge on any atom is 0.224 e. The molecule has 2 heterocycles. The lowest BCUT2D eigenvalue weighted by Gasteiger charge is -2.07. The third-order valence-electron chi connectivity index (χ3n) is 3.50. The van der Waals surface area contributed by atoms with Gasteiger partial charge >= 0.3 is 0 Å². The second-order valence-electron chi connectivity index (χ2n) is 5.25. The van der Waals surface area contributed by atoms with E-state index >= 15 is 0 Å². The molecule has 0 atom stereocenters. The first kappa shape index (κ1) is 16.3. The van der Waals surface area contributed by atoms with Crippen molar-refractivity contribution >= 4 is 17.2 Å². The van der Waals surface area contributed by atoms with Gasteiger partial charge in [0, 0.05) is 29.8 Å². The number of amides is 1. The van der Waals surface area contributed by atoms with Crippen LogP contribution in [0, 0.1) is 11.6 Å². The van der Waals surface area contributed by atoms with Gasteiger partial charge in [-0.15, -0.1) is 0 Å². The minimum atomic E-state index is -0.714. The van der Waals surface area contributed by atoms with Crippen LogP contribution in [-0.4, -0.2) is 10.9 Å². The Balaban J connectivity index is 1.61. The first-order valence-electron chi connectivity index (χ1n) is 7.30. The molecule has 0 radical (unpaired) electrons. The van der Waals surface area contributed by atoms with Crippen molar-refractivity contribution in [1.82, 2.24) is 10.3 Å². The van der Waals surface area contributed by atoms with E-state index in [-0.39, 0.29) is 17.9 Å². The van der Waals surface area contributed by atoms with Crippen LogP contribution in [0.2, 0.25) is 0 Å². The number of benzene rings is 1. The van der Waals surface area contributed by atoms with Crippen LogP contribution in [0.1, 0.15) is 11.1 Å². The van der Waals surface area contributed by atoms with Gasteiger partial charge in [0.05, 0.1) is 12.1 Å². The summed E-state index contributed by atoms with van der Waals surface area (Å²) in [5, 5.41) is 6.71. The first-order valence-corrected chi connectivity index (χ1v) is 8.24. The van der Waals surface area contributed by atoms with E-state index in [1.54, 1.807) is 17.5 Å². The molecule has 0 aliphatic rings. The Morgan fingerprint density at radius 2 is 2.04 bits per heavy atom. The number of hydrogen-bond acceptors (Lipinski definition) is 3. The highest BCUT2D eigenvalue weighted by atomic mass is 32.1. The van der Waals surface area contributed by atoms with E-state index in [2.05, 4.69) is 10.3 Å². The van der Waals surface area contributed by atoms with Crippen molar-refractivity contribution < 1.29 is 13.6 Å². The molecule has 0 aliphatic heterocycles. The Kier molecular flexibility index (Phi) is 4.96. The van der Waals surface area contributed by atoms with Gasteiger partial charge in [-0.3, -0.25) is 9.78 Å². The highest BCUT2D eigenvalue weighted by Crippen LogP contribution is 2.20. The molecule has 1 amide bonds. The number of hydrogen-bond donors (Lipinski definition) is 1. The molecule has 3 nitrogen and oxygen atoms in total. The summed E-state index contributed by atoms with van der Waals surface area (Å²) >= 11 is 1.59. The Bertz CT molecular complexity index is 850. The summed E-state index contributed by atoms with van der Waals surface area (Å²) in [6.07, 6.45) is 1.56. The number of carbonyl (C=O) groups excluding carboxylic acids is 1. The summed E-state index contributed by atoms with van der Waals surface area (Å²) in [5.74, 6) is -1.70. The van der Waals surface area contributed by atoms with Crippen molar-refractivity contribution in [2.24, 2.45) is 0 Å². The van der Waals surface area contributed by atoms with Crippen LogP contribution in [-0.2, 0) is 17.8 Å². The van der Waals surface area contributed by atoms with E-state index in [0.717, 1.165) is 29.0 Å². The van der Waals surface area contributed by atoms with Crippen LogP contribution < -0.4 is 5.32 Å². The van der Waals surface area contributed by atoms with Gasteiger partial charge in [-0.2, -0.15) is 11.3 Å². The molecule has 1 aromatic carbocycles. The van der Waals surface area contributed by atoms with E-state index in [0.29, 0.717) is 6.54 Å². The molecule has 0 fully saturated rings. The highest BCUT2D eigenvalue weighted by molar-refractivity contribution is 7.08. The zero-order valence-electron chi connectivity index (χ0n) is 12.6. The third-order valence-corrected chi connectivity index (χ3v) is 4.18. The normalized spacial score (nSPS) is 10.6. The van der Waals surface area contributed by atoms with Crippen LogP contribution in [0.5, 0.6) is 0 Å². The molecule has 1 N–H and O–H groups in total. The van der Waals surface area contributed by atoms with Gasteiger partial charge in [-0.05, 0) is 40.8 Å². The van der Waals surface area contributed by atoms with Gasteiger partial charge in [0.25, 0.3) is 0 Å². The summed E-state index contributed by atoms with van der Waals surface area (Å²) in [7, 11) is 0. The number of aromatic nitrogens is 1. The predicted octanol–water partition coefficient (Wildman–Crippen LogP) is 3.95. The minimum absolute atomic E-state index is 0.130. The Morgan fingerprint density at radius 3 is 2.79 bits per heavy atom. The number of halogens is 2. The van der Waals surface area contributed by atoms with Crippen LogP contribution in [0.15, 0.2) is 53.4 Å². The standard InChI is InChI=1S/C18H14F2N2OS/c19-15-2-1-13(16(20)9-15)8-18(23)22-10-12-3-5-21-17(7-12)14-4-6-24-11-14/h1-7,9,11H,8,10H2,(H,22,23). The molecule has 3 rings (SSSR count). The molecular weight excluding hydrogens is 330 g/mol. The fourth-order valence-electron chi connectivity index (χ4n) is 2.25. The van der Waals surface area contributed by atoms with E-state index in [1.807, 2.05) is 29.0 Å². The van der Waals surface area contributed by atoms with Crippen LogP contribution >= 0.6 is 11.3 Å². The van der Waals surface area contributed by atoms with Crippen LogP contribution in [0.3, 0.4) is 0 Å². The number of nitrogens with zero attached hydrogens (tertiary/aromatic N) is 1. The minimum Gasteiger partial charge on any atom is -0.352 e. The number of nitrogens with one attached hydrogen (secondary N) is 1. The lowest BCUT2D eigenvalue weighted by Crippen LogP contribution is -2.25. The van der Waals surface area contributed by atoms with Gasteiger partial charge < -0.3 is 5.32 Å². The number of thiophene rings is 1. The van der Waals surface area contributed by atoms with E-state index in [4.69, 9.17) is 0 Å². The topological polar surface area (TPSA) is 42.0 Å². The fraction of sp³-hybridized carbons (Fsp3) is 0.111. The molecular formula is C18H14F2N2OS. The van der Waals surface area contributed by atoms with E-state index in [9.17, 15) is 13.6 Å². The molecule has 0 bridgehead atoms. The molecule has 0 saturated carbocycles. The average Bonchev–Trinajstić information content (AvgIpc) is 3.10. The summed E-state index contributed by atoms with van der Waals surface area (Å²) in [6, 6.07) is 8.90. The zero-order valence-corrected chi connectivity index (χ0v) is 13.4. The largest absolute Gasteiger partial charge is 0.352 e. The summed E-state index contributed by atoms with van der Waals surface area (Å²) in [4.78, 5) is 16.3. The monoisotopic (exact) mass is 344 g/mol. The van der Waals surface area contributed by atoms with Crippen LogP contribution in [0.25, 0.3) is 11.3 Å². The van der Waals surface area contributed by atoms with Crippen molar-refractivity contribution in [2.75, 3.05) is 0 Å². The molecule has 6 heteroatoms. The molecule has 0 saturated heterocycles. The zero-order chi connectivity index (χ0) is 16.9. The molecule has 0 spiro atoms. The number of pyridine rings is 1. The molecule has 0 unspecified atom stereocenters. The Labute approximate surface area is 142 Å². The number of carbonyl (C=O) groups is 1. The van der Waals surface area contributed by atoms with Crippen molar-refractivity contribution in [3.8, 4) is 11.3 Å². The van der Waals surface area contributed by atoms with Gasteiger partial charge in [0.1, 0.15) is 11.6 Å². The second kappa shape index (κ2) is 7.31. The van der Waals surface area contributed by atoms with Crippen molar-refractivity contribution in [2.45, 2.75) is 13.0 Å². The molecule has 3 aromatic rings. The Morgan fingerprint density at radius 1 is 1.17 bits per heavy atom. The summed E-state index contributed by atoms with van der Waals surface area (Å²) in [6.45, 7) is 0.321. The SMILES string of the molecule is O=C(Cc1ccc(F)cc1F)NCc1ccnc(-c2ccsc2)c1. The van der Waals surface area contributed by atoms with Gasteiger partial charge in [-0.25, -0.2) is 8.78 Å². The third kappa shape index (κ3) is 4.02. The predicted molar refractivity (Wildman–Crippen MR) is 89.5 cm³/mol. The smallest absolute Gasteiger partial charge is 0.224 e. The fourth-order valence-corrected chi connectivity index (χ4v) is 2.90. The van der Waals surface area contributed by atoms with E-state index in [1.165, 1.54) is 6.07 Å². The maximum atomic E-state index is 13.6. The highest BCUT2D eigenvalue weighted by Gasteiger charge is 2.09. The molecule has 122 valence electrons. The quantitative estimate of drug-likeness (QED) is 0.761.